The Morgan fingerprint density at radius 3 is 2.40 bits per heavy atom. The van der Waals surface area contributed by atoms with Gasteiger partial charge in [0.1, 0.15) is 11.4 Å². The van der Waals surface area contributed by atoms with Crippen molar-refractivity contribution in [2.45, 2.75) is 26.4 Å². The van der Waals surface area contributed by atoms with Crippen molar-refractivity contribution >= 4 is 28.4 Å². The van der Waals surface area contributed by atoms with Gasteiger partial charge in [0.05, 0.1) is 11.1 Å². The number of carboxylic acid groups (broad SMARTS) is 1. The molecule has 0 bridgehead atoms. The summed E-state index contributed by atoms with van der Waals surface area (Å²) in [7, 11) is 0. The highest BCUT2D eigenvalue weighted by Gasteiger charge is 2.32. The van der Waals surface area contributed by atoms with Crippen LogP contribution in [0.4, 0.5) is 29.3 Å². The smallest absolute Gasteiger partial charge is 0.505 e. The lowest BCUT2D eigenvalue weighted by Gasteiger charge is -2.12. The van der Waals surface area contributed by atoms with Gasteiger partial charge in [0.15, 0.2) is 11.4 Å². The quantitative estimate of drug-likeness (QED) is 0.106. The second-order valence-electron chi connectivity index (χ2n) is 9.47. The minimum atomic E-state index is -4.61. The molecule has 4 aromatic carbocycles. The summed E-state index contributed by atoms with van der Waals surface area (Å²) in [4.78, 5) is 10.9. The van der Waals surface area contributed by atoms with E-state index in [2.05, 4.69) is 15.0 Å². The van der Waals surface area contributed by atoms with E-state index >= 15 is 0 Å². The highest BCUT2D eigenvalue weighted by molar-refractivity contribution is 5.97. The van der Waals surface area contributed by atoms with E-state index in [1.54, 1.807) is 36.4 Å². The van der Waals surface area contributed by atoms with Crippen molar-refractivity contribution in [2.24, 2.45) is 10.2 Å². The first-order chi connectivity index (χ1) is 20.0. The first-order valence-corrected chi connectivity index (χ1v) is 12.8. The average Bonchev–Trinajstić information content (AvgIpc) is 3.22. The third-order valence-corrected chi connectivity index (χ3v) is 6.83. The van der Waals surface area contributed by atoms with Crippen LogP contribution in [0.25, 0.3) is 27.7 Å². The number of hydrogen-bond donors (Lipinski definition) is 3. The van der Waals surface area contributed by atoms with Gasteiger partial charge in [-0.2, -0.15) is 13.2 Å². The molecule has 5 aromatic rings. The van der Waals surface area contributed by atoms with Crippen molar-refractivity contribution in [2.75, 3.05) is 0 Å². The Morgan fingerprint density at radius 2 is 1.71 bits per heavy atom. The lowest BCUT2D eigenvalue weighted by Crippen LogP contribution is -2.05. The van der Waals surface area contributed by atoms with Crippen molar-refractivity contribution in [3.63, 3.8) is 0 Å². The highest BCUT2D eigenvalue weighted by Crippen LogP contribution is 2.45. The Balaban J connectivity index is 1.63. The maximum Gasteiger partial charge on any atom is 0.511 e. The van der Waals surface area contributed by atoms with Crippen molar-refractivity contribution in [1.82, 2.24) is 4.57 Å². The maximum atomic E-state index is 13.6. The Kier molecular flexibility index (Phi) is 7.34. The summed E-state index contributed by atoms with van der Waals surface area (Å²) in [5.74, 6) is -0.669. The number of aryl methyl sites for hydroxylation is 2. The zero-order valence-electron chi connectivity index (χ0n) is 22.3. The molecule has 1 heterocycles. The van der Waals surface area contributed by atoms with Crippen LogP contribution in [0.15, 0.2) is 89.1 Å². The number of fused-ring (bicyclic) bond motifs is 1. The second kappa shape index (κ2) is 10.9. The van der Waals surface area contributed by atoms with Gasteiger partial charge in [-0.1, -0.05) is 37.3 Å². The summed E-state index contributed by atoms with van der Waals surface area (Å²) < 4.78 is 46.8. The molecule has 42 heavy (non-hydrogen) atoms. The molecule has 0 fully saturated rings. The minimum Gasteiger partial charge on any atom is -0.505 e. The minimum absolute atomic E-state index is 0.00686. The number of aromatic hydroxyl groups is 2. The van der Waals surface area contributed by atoms with Crippen molar-refractivity contribution in [3.8, 4) is 34.2 Å². The fraction of sp³-hybridized carbons (Fsp3) is 0.129. The highest BCUT2D eigenvalue weighted by atomic mass is 19.4. The van der Waals surface area contributed by atoms with E-state index in [9.17, 15) is 28.2 Å². The van der Waals surface area contributed by atoms with E-state index in [1.807, 2.05) is 19.9 Å². The number of carbonyl (C=O) groups is 1. The zero-order valence-corrected chi connectivity index (χ0v) is 22.3. The van der Waals surface area contributed by atoms with E-state index in [-0.39, 0.29) is 33.8 Å². The van der Waals surface area contributed by atoms with Gasteiger partial charge in [-0.25, -0.2) is 4.79 Å². The molecule has 11 heteroatoms. The standard InChI is InChI=1S/C31H24F3N3O5/c1-3-18-10-12-21(14-17(18)2)37-26-16-20(31(32,33)34)11-13-24(26)27(29(37)39)36-35-25-9-5-8-23(28(25)38)19-6-4-7-22(15-19)42-30(40)41/h4-16,38-39H,3H2,1-2H3,(H,40,41). The number of ether oxygens (including phenoxy) is 1. The molecular weight excluding hydrogens is 551 g/mol. The summed E-state index contributed by atoms with van der Waals surface area (Å²) in [5.41, 5.74) is 2.26. The lowest BCUT2D eigenvalue weighted by molar-refractivity contribution is -0.137. The molecule has 0 saturated heterocycles. The summed E-state index contributed by atoms with van der Waals surface area (Å²) in [5, 5.41) is 39.6. The van der Waals surface area contributed by atoms with Gasteiger partial charge in [-0.3, -0.25) is 4.57 Å². The van der Waals surface area contributed by atoms with Crippen molar-refractivity contribution in [1.29, 1.82) is 0 Å². The van der Waals surface area contributed by atoms with Crippen LogP contribution >= 0.6 is 0 Å². The zero-order chi connectivity index (χ0) is 30.2. The number of phenolic OH excluding ortho intramolecular Hbond substituents is 1. The molecule has 0 aliphatic rings. The van der Waals surface area contributed by atoms with Gasteiger partial charge in [-0.15, -0.1) is 10.2 Å². The normalized spacial score (nSPS) is 11.8. The van der Waals surface area contributed by atoms with Crippen molar-refractivity contribution < 1.29 is 38.0 Å². The summed E-state index contributed by atoms with van der Waals surface area (Å²) in [6.07, 6.45) is -5.33. The molecule has 0 aliphatic carbocycles. The number of phenols is 1. The van der Waals surface area contributed by atoms with Gasteiger partial charge in [-0.05, 0) is 78.6 Å². The molecule has 1 aromatic heterocycles. The number of nitrogens with zero attached hydrogens (tertiary/aromatic N) is 3. The third kappa shape index (κ3) is 5.36. The predicted molar refractivity (Wildman–Crippen MR) is 150 cm³/mol. The van der Waals surface area contributed by atoms with Crippen molar-refractivity contribution in [3.05, 3.63) is 95.6 Å². The van der Waals surface area contributed by atoms with Crippen LogP contribution in [0, 0.1) is 6.92 Å². The molecule has 0 saturated carbocycles. The fourth-order valence-electron chi connectivity index (χ4n) is 4.79. The van der Waals surface area contributed by atoms with Gasteiger partial charge in [0.2, 0.25) is 5.88 Å². The van der Waals surface area contributed by atoms with E-state index in [4.69, 9.17) is 5.11 Å². The SMILES string of the molecule is CCc1ccc(-n2c(O)c(N=Nc3cccc(-c4cccc(OC(=O)O)c4)c3O)c3ccc(C(F)(F)F)cc32)cc1C. The number of azo groups is 1. The number of halogens is 3. The maximum absolute atomic E-state index is 13.6. The molecule has 0 radical (unpaired) electrons. The van der Waals surface area contributed by atoms with Crippen LogP contribution in [-0.2, 0) is 12.6 Å². The number of aromatic nitrogens is 1. The molecule has 0 aliphatic heterocycles. The van der Waals surface area contributed by atoms with Gasteiger partial charge in [0.25, 0.3) is 0 Å². The molecule has 0 unspecified atom stereocenters. The molecule has 0 atom stereocenters. The van der Waals surface area contributed by atoms with E-state index in [1.165, 1.54) is 28.8 Å². The average molecular weight is 576 g/mol. The van der Waals surface area contributed by atoms with Gasteiger partial charge in [0, 0.05) is 16.6 Å². The lowest BCUT2D eigenvalue weighted by atomic mass is 10.0. The van der Waals surface area contributed by atoms with Crippen LogP contribution in [-0.4, -0.2) is 26.0 Å². The molecular formula is C31H24F3N3O5. The Labute approximate surface area is 237 Å². The second-order valence-corrected chi connectivity index (χ2v) is 9.47. The third-order valence-electron chi connectivity index (χ3n) is 6.83. The topological polar surface area (TPSA) is 117 Å². The van der Waals surface area contributed by atoms with E-state index in [0.29, 0.717) is 16.8 Å². The first-order valence-electron chi connectivity index (χ1n) is 12.8. The molecule has 5 rings (SSSR count). The number of hydrogen-bond acceptors (Lipinski definition) is 6. The van der Waals surface area contributed by atoms with E-state index < -0.39 is 23.8 Å². The summed E-state index contributed by atoms with van der Waals surface area (Å²) in [6, 6.07) is 19.1. The fourth-order valence-corrected chi connectivity index (χ4v) is 4.79. The van der Waals surface area contributed by atoms with E-state index in [0.717, 1.165) is 29.7 Å². The molecule has 3 N–H and O–H groups in total. The Hall–Kier alpha value is -5.32. The Morgan fingerprint density at radius 1 is 0.952 bits per heavy atom. The summed E-state index contributed by atoms with van der Waals surface area (Å²) >= 11 is 0. The summed E-state index contributed by atoms with van der Waals surface area (Å²) in [6.45, 7) is 3.87. The molecule has 8 nitrogen and oxygen atoms in total. The molecule has 0 amide bonds. The molecule has 214 valence electrons. The first kappa shape index (κ1) is 28.2. The van der Waals surface area contributed by atoms with Crippen LogP contribution in [0.5, 0.6) is 17.4 Å². The predicted octanol–water partition coefficient (Wildman–Crippen LogP) is 9.07. The van der Waals surface area contributed by atoms with Crippen LogP contribution in [0.3, 0.4) is 0 Å². The number of alkyl halides is 3. The van der Waals surface area contributed by atoms with Crippen LogP contribution in [0.2, 0.25) is 0 Å². The number of benzene rings is 4. The largest absolute Gasteiger partial charge is 0.511 e. The molecule has 0 spiro atoms. The Bertz CT molecular complexity index is 1860. The monoisotopic (exact) mass is 575 g/mol. The van der Waals surface area contributed by atoms with Gasteiger partial charge >= 0.3 is 12.3 Å². The van der Waals surface area contributed by atoms with Crippen LogP contribution < -0.4 is 4.74 Å². The van der Waals surface area contributed by atoms with Gasteiger partial charge < -0.3 is 20.1 Å². The number of rotatable bonds is 6. The van der Waals surface area contributed by atoms with Crippen LogP contribution in [0.1, 0.15) is 23.6 Å². The number of para-hydroxylation sites is 1.